The molecule has 0 saturated heterocycles. The number of rotatable bonds is 5. The number of nitriles is 1. The summed E-state index contributed by atoms with van der Waals surface area (Å²) in [6.07, 6.45) is 0. The van der Waals surface area contributed by atoms with Gasteiger partial charge in [0.1, 0.15) is 17.6 Å². The molecule has 0 saturated carbocycles. The average molecular weight is 347 g/mol. The van der Waals surface area contributed by atoms with E-state index in [1.54, 1.807) is 20.3 Å². The van der Waals surface area contributed by atoms with Gasteiger partial charge in [0.15, 0.2) is 0 Å². The Hall–Kier alpha value is -2.19. The summed E-state index contributed by atoms with van der Waals surface area (Å²) in [5, 5.41) is 12.3. The highest BCUT2D eigenvalue weighted by Crippen LogP contribution is 2.28. The van der Waals surface area contributed by atoms with Crippen LogP contribution in [-0.4, -0.2) is 14.2 Å². The number of halogens is 1. The van der Waals surface area contributed by atoms with Crippen LogP contribution in [0.4, 0.5) is 5.69 Å². The largest absolute Gasteiger partial charge is 0.495 e. The second-order valence-electron chi connectivity index (χ2n) is 4.35. The molecule has 0 aliphatic heterocycles. The van der Waals surface area contributed by atoms with Crippen molar-refractivity contribution in [2.24, 2.45) is 0 Å². The van der Waals surface area contributed by atoms with Crippen molar-refractivity contribution in [2.45, 2.75) is 6.54 Å². The summed E-state index contributed by atoms with van der Waals surface area (Å²) in [4.78, 5) is 0. The summed E-state index contributed by atoms with van der Waals surface area (Å²) in [5.74, 6) is 1.36. The molecule has 2 aromatic carbocycles. The van der Waals surface area contributed by atoms with E-state index in [1.807, 2.05) is 30.3 Å². The fourth-order valence-electron chi connectivity index (χ4n) is 1.91. The molecule has 21 heavy (non-hydrogen) atoms. The maximum Gasteiger partial charge on any atom is 0.136 e. The first-order valence-electron chi connectivity index (χ1n) is 6.32. The van der Waals surface area contributed by atoms with Gasteiger partial charge in [0.05, 0.1) is 24.3 Å². The molecule has 0 spiro atoms. The molecule has 0 unspecified atom stereocenters. The smallest absolute Gasteiger partial charge is 0.136 e. The molecule has 108 valence electrons. The minimum atomic E-state index is 0.534. The van der Waals surface area contributed by atoms with E-state index in [-0.39, 0.29) is 0 Å². The van der Waals surface area contributed by atoms with Gasteiger partial charge in [-0.15, -0.1) is 0 Å². The monoisotopic (exact) mass is 346 g/mol. The number of nitrogens with one attached hydrogen (secondary N) is 1. The number of ether oxygens (including phenoxy) is 2. The number of benzene rings is 2. The predicted molar refractivity (Wildman–Crippen MR) is 85.7 cm³/mol. The van der Waals surface area contributed by atoms with E-state index in [2.05, 4.69) is 27.3 Å². The quantitative estimate of drug-likeness (QED) is 0.890. The lowest BCUT2D eigenvalue weighted by Crippen LogP contribution is -2.01. The maximum absolute atomic E-state index is 8.97. The van der Waals surface area contributed by atoms with E-state index in [0.29, 0.717) is 17.9 Å². The Morgan fingerprint density at radius 2 is 1.86 bits per heavy atom. The summed E-state index contributed by atoms with van der Waals surface area (Å²) in [6, 6.07) is 13.5. The molecule has 4 nitrogen and oxygen atoms in total. The average Bonchev–Trinajstić information content (AvgIpc) is 2.53. The molecule has 0 aromatic heterocycles. The van der Waals surface area contributed by atoms with Gasteiger partial charge in [-0.1, -0.05) is 6.07 Å². The highest BCUT2D eigenvalue weighted by atomic mass is 79.9. The topological polar surface area (TPSA) is 54.3 Å². The van der Waals surface area contributed by atoms with Crippen LogP contribution in [0.25, 0.3) is 0 Å². The standard InChI is InChI=1S/C16H15BrN2O2/c1-20-15-7-11(3-4-12(15)9-18)10-19-13-5-6-14(17)16(8-13)21-2/h3-8,19H,10H2,1-2H3. The van der Waals surface area contributed by atoms with Crippen LogP contribution >= 0.6 is 15.9 Å². The van der Waals surface area contributed by atoms with Gasteiger partial charge >= 0.3 is 0 Å². The van der Waals surface area contributed by atoms with Crippen LogP contribution in [0.15, 0.2) is 40.9 Å². The molecule has 0 heterocycles. The lowest BCUT2D eigenvalue weighted by Gasteiger charge is -2.11. The van der Waals surface area contributed by atoms with Crippen molar-refractivity contribution in [3.63, 3.8) is 0 Å². The van der Waals surface area contributed by atoms with Gasteiger partial charge in [-0.3, -0.25) is 0 Å². The van der Waals surface area contributed by atoms with Gasteiger partial charge in [0, 0.05) is 18.3 Å². The normalized spacial score (nSPS) is 9.81. The van der Waals surface area contributed by atoms with E-state index in [9.17, 15) is 0 Å². The molecule has 0 radical (unpaired) electrons. The van der Waals surface area contributed by atoms with Crippen molar-refractivity contribution in [3.05, 3.63) is 52.0 Å². The molecular weight excluding hydrogens is 332 g/mol. The van der Waals surface area contributed by atoms with Gasteiger partial charge in [0.25, 0.3) is 0 Å². The Morgan fingerprint density at radius 1 is 1.10 bits per heavy atom. The van der Waals surface area contributed by atoms with Crippen LogP contribution in [0.1, 0.15) is 11.1 Å². The molecule has 0 amide bonds. The fraction of sp³-hybridized carbons (Fsp3) is 0.188. The third kappa shape index (κ3) is 3.67. The highest BCUT2D eigenvalue weighted by molar-refractivity contribution is 9.10. The minimum absolute atomic E-state index is 0.534. The first-order valence-corrected chi connectivity index (χ1v) is 7.11. The minimum Gasteiger partial charge on any atom is -0.495 e. The summed E-state index contributed by atoms with van der Waals surface area (Å²) in [7, 11) is 3.20. The Labute approximate surface area is 132 Å². The lowest BCUT2D eigenvalue weighted by molar-refractivity contribution is 0.412. The van der Waals surface area contributed by atoms with Gasteiger partial charge < -0.3 is 14.8 Å². The Balaban J connectivity index is 2.11. The summed E-state index contributed by atoms with van der Waals surface area (Å²) in [6.45, 7) is 0.632. The van der Waals surface area contributed by atoms with Gasteiger partial charge in [0.2, 0.25) is 0 Å². The third-order valence-corrected chi connectivity index (χ3v) is 3.69. The molecule has 5 heteroatoms. The Kier molecular flexibility index (Phi) is 5.07. The zero-order valence-electron chi connectivity index (χ0n) is 11.8. The second kappa shape index (κ2) is 7.00. The van der Waals surface area contributed by atoms with Crippen molar-refractivity contribution in [3.8, 4) is 17.6 Å². The number of hydrogen-bond donors (Lipinski definition) is 1. The van der Waals surface area contributed by atoms with Crippen LogP contribution in [0, 0.1) is 11.3 Å². The van der Waals surface area contributed by atoms with Crippen LogP contribution in [0.3, 0.4) is 0 Å². The molecular formula is C16H15BrN2O2. The Morgan fingerprint density at radius 3 is 2.52 bits per heavy atom. The summed E-state index contributed by atoms with van der Waals surface area (Å²) in [5.41, 5.74) is 2.53. The van der Waals surface area contributed by atoms with E-state index in [1.165, 1.54) is 0 Å². The summed E-state index contributed by atoms with van der Waals surface area (Å²) >= 11 is 3.42. The van der Waals surface area contributed by atoms with Crippen molar-refractivity contribution < 1.29 is 9.47 Å². The molecule has 0 atom stereocenters. The van der Waals surface area contributed by atoms with E-state index in [0.717, 1.165) is 21.5 Å². The second-order valence-corrected chi connectivity index (χ2v) is 5.20. The first-order chi connectivity index (χ1) is 10.2. The first kappa shape index (κ1) is 15.2. The van der Waals surface area contributed by atoms with Crippen LogP contribution in [0.2, 0.25) is 0 Å². The van der Waals surface area contributed by atoms with Gasteiger partial charge in [-0.25, -0.2) is 0 Å². The molecule has 2 aromatic rings. The van der Waals surface area contributed by atoms with Crippen molar-refractivity contribution in [1.29, 1.82) is 5.26 Å². The summed E-state index contributed by atoms with van der Waals surface area (Å²) < 4.78 is 11.4. The SMILES string of the molecule is COc1cc(NCc2ccc(C#N)c(OC)c2)ccc1Br. The molecule has 0 bridgehead atoms. The van der Waals surface area contributed by atoms with Gasteiger partial charge in [-0.05, 0) is 45.8 Å². The molecule has 2 rings (SSSR count). The van der Waals surface area contributed by atoms with Crippen LogP contribution < -0.4 is 14.8 Å². The van der Waals surface area contributed by atoms with Crippen molar-refractivity contribution in [2.75, 3.05) is 19.5 Å². The molecule has 0 aliphatic carbocycles. The Bertz CT molecular complexity index is 680. The van der Waals surface area contributed by atoms with Crippen LogP contribution in [0.5, 0.6) is 11.5 Å². The zero-order chi connectivity index (χ0) is 15.2. The number of hydrogen-bond acceptors (Lipinski definition) is 4. The molecule has 0 fully saturated rings. The zero-order valence-corrected chi connectivity index (χ0v) is 13.4. The highest BCUT2D eigenvalue weighted by Gasteiger charge is 2.05. The third-order valence-electron chi connectivity index (χ3n) is 3.03. The number of methoxy groups -OCH3 is 2. The van der Waals surface area contributed by atoms with Crippen LogP contribution in [-0.2, 0) is 6.54 Å². The van der Waals surface area contributed by atoms with E-state index < -0.39 is 0 Å². The molecule has 0 aliphatic rings. The fourth-order valence-corrected chi connectivity index (χ4v) is 2.32. The number of nitrogens with zero attached hydrogens (tertiary/aromatic N) is 1. The lowest BCUT2D eigenvalue weighted by atomic mass is 10.1. The van der Waals surface area contributed by atoms with Gasteiger partial charge in [-0.2, -0.15) is 5.26 Å². The van der Waals surface area contributed by atoms with E-state index in [4.69, 9.17) is 14.7 Å². The maximum atomic E-state index is 8.97. The molecule has 1 N–H and O–H groups in total. The van der Waals surface area contributed by atoms with E-state index >= 15 is 0 Å². The van der Waals surface area contributed by atoms with Crippen molar-refractivity contribution >= 4 is 21.6 Å². The number of anilines is 1. The van der Waals surface area contributed by atoms with Crippen molar-refractivity contribution in [1.82, 2.24) is 0 Å². The predicted octanol–water partition coefficient (Wildman–Crippen LogP) is 3.95.